The molecule has 2 aliphatic rings. The van der Waals surface area contributed by atoms with E-state index in [0.29, 0.717) is 21.7 Å². The Hall–Kier alpha value is -2.48. The van der Waals surface area contributed by atoms with E-state index in [2.05, 4.69) is 11.4 Å². The van der Waals surface area contributed by atoms with Gasteiger partial charge in [0.25, 0.3) is 0 Å². The first-order valence-electron chi connectivity index (χ1n) is 7.75. The minimum Gasteiger partial charge on any atom is -0.349 e. The number of carbonyl (C=O) groups is 1. The molecule has 1 aliphatic heterocycles. The zero-order chi connectivity index (χ0) is 17.6. The number of dihydropyridines is 1. The maximum atomic E-state index is 13.1. The summed E-state index contributed by atoms with van der Waals surface area (Å²) in [5.41, 5.74) is 4.24. The van der Waals surface area contributed by atoms with Gasteiger partial charge >= 0.3 is 0 Å². The van der Waals surface area contributed by atoms with Crippen LogP contribution in [0.4, 0.5) is 0 Å². The summed E-state index contributed by atoms with van der Waals surface area (Å²) in [6.07, 6.45) is 1.91. The quantitative estimate of drug-likeness (QED) is 0.836. The second-order valence-corrected chi connectivity index (χ2v) is 7.03. The van der Waals surface area contributed by atoms with E-state index in [0.717, 1.165) is 21.9 Å². The van der Waals surface area contributed by atoms with Gasteiger partial charge in [0.15, 0.2) is 5.78 Å². The zero-order valence-corrected chi connectivity index (χ0v) is 14.9. The van der Waals surface area contributed by atoms with Crippen molar-refractivity contribution < 1.29 is 4.79 Å². The second kappa shape index (κ2) is 6.11. The number of hydrogen-bond donors (Lipinski definition) is 1. The number of thioether (sulfide) groups is 1. The number of rotatable bonds is 2. The molecule has 4 rings (SSSR count). The first-order valence-corrected chi connectivity index (χ1v) is 9.35. The molecule has 0 radical (unpaired) electrons. The summed E-state index contributed by atoms with van der Waals surface area (Å²) >= 11 is 7.89. The monoisotopic (exact) mass is 364 g/mol. The van der Waals surface area contributed by atoms with Gasteiger partial charge in [-0.15, -0.1) is 11.8 Å². The van der Waals surface area contributed by atoms with Crippen molar-refractivity contribution in [3.05, 3.63) is 86.4 Å². The Kier molecular flexibility index (Phi) is 3.91. The van der Waals surface area contributed by atoms with Crippen LogP contribution < -0.4 is 5.32 Å². The van der Waals surface area contributed by atoms with Crippen molar-refractivity contribution in [2.24, 2.45) is 0 Å². The molecule has 0 spiro atoms. The number of hydrogen-bond acceptors (Lipinski definition) is 4. The minimum atomic E-state index is -0.461. The van der Waals surface area contributed by atoms with Crippen molar-refractivity contribution in [3.63, 3.8) is 0 Å². The van der Waals surface area contributed by atoms with Gasteiger partial charge in [-0.2, -0.15) is 5.26 Å². The van der Waals surface area contributed by atoms with Crippen LogP contribution in [0.3, 0.4) is 0 Å². The molecule has 0 saturated heterocycles. The van der Waals surface area contributed by atoms with Gasteiger partial charge in [-0.3, -0.25) is 4.79 Å². The zero-order valence-electron chi connectivity index (χ0n) is 13.3. The average Bonchev–Trinajstić information content (AvgIpc) is 2.93. The summed E-state index contributed by atoms with van der Waals surface area (Å²) in [6.45, 7) is 0. The molecule has 122 valence electrons. The van der Waals surface area contributed by atoms with Crippen LogP contribution in [0.5, 0.6) is 0 Å². The van der Waals surface area contributed by atoms with Gasteiger partial charge < -0.3 is 5.32 Å². The second-order valence-electron chi connectivity index (χ2n) is 5.80. The number of halogens is 1. The lowest BCUT2D eigenvalue weighted by Crippen LogP contribution is -2.24. The number of fused-ring (bicyclic) bond motifs is 2. The highest BCUT2D eigenvalue weighted by Gasteiger charge is 2.41. The Balaban J connectivity index is 2.00. The molecule has 1 atom stereocenters. The maximum Gasteiger partial charge on any atom is 0.192 e. The van der Waals surface area contributed by atoms with Crippen molar-refractivity contribution in [2.75, 3.05) is 6.26 Å². The summed E-state index contributed by atoms with van der Waals surface area (Å²) in [6, 6.07) is 17.2. The molecule has 0 bridgehead atoms. The molecule has 0 aromatic heterocycles. The molecule has 5 heteroatoms. The first-order chi connectivity index (χ1) is 12.2. The van der Waals surface area contributed by atoms with Crippen LogP contribution in [0.2, 0.25) is 5.02 Å². The van der Waals surface area contributed by atoms with Gasteiger partial charge in [-0.05, 0) is 17.9 Å². The number of Topliss-reactive ketones (excluding diaryl/α,β-unsaturated/α-hetero) is 1. The van der Waals surface area contributed by atoms with Gasteiger partial charge in [0.2, 0.25) is 0 Å². The van der Waals surface area contributed by atoms with E-state index >= 15 is 0 Å². The Morgan fingerprint density at radius 1 is 1.12 bits per heavy atom. The lowest BCUT2D eigenvalue weighted by molar-refractivity contribution is 0.103. The van der Waals surface area contributed by atoms with E-state index in [-0.39, 0.29) is 5.78 Å². The molecule has 3 nitrogen and oxygen atoms in total. The largest absolute Gasteiger partial charge is 0.349 e. The highest BCUT2D eigenvalue weighted by atomic mass is 35.5. The molecule has 0 saturated carbocycles. The topological polar surface area (TPSA) is 52.9 Å². The molecule has 0 fully saturated rings. The third kappa shape index (κ3) is 2.31. The van der Waals surface area contributed by atoms with Crippen molar-refractivity contribution >= 4 is 34.8 Å². The normalized spacial score (nSPS) is 18.6. The number of carbonyl (C=O) groups excluding carboxylic acids is 1. The Bertz CT molecular complexity index is 1020. The van der Waals surface area contributed by atoms with E-state index in [1.807, 2.05) is 48.7 Å². The Labute approximate surface area is 155 Å². The third-order valence-electron chi connectivity index (χ3n) is 4.56. The molecule has 0 unspecified atom stereocenters. The highest BCUT2D eigenvalue weighted by Crippen LogP contribution is 2.48. The SMILES string of the molecule is CSC1=C(C#N)[C@@H](c2ccccc2Cl)C2=C(N1)c1ccccc1C2=O. The third-order valence-corrected chi connectivity index (χ3v) is 5.63. The van der Waals surface area contributed by atoms with Crippen molar-refractivity contribution in [1.82, 2.24) is 5.32 Å². The fraction of sp³-hybridized carbons (Fsp3) is 0.100. The molecule has 2 aromatic carbocycles. The molecule has 25 heavy (non-hydrogen) atoms. The summed E-state index contributed by atoms with van der Waals surface area (Å²) in [7, 11) is 0. The van der Waals surface area contributed by atoms with E-state index in [4.69, 9.17) is 11.6 Å². The van der Waals surface area contributed by atoms with E-state index in [1.54, 1.807) is 6.07 Å². The molecule has 1 aliphatic carbocycles. The van der Waals surface area contributed by atoms with Crippen LogP contribution in [-0.4, -0.2) is 12.0 Å². The average molecular weight is 365 g/mol. The van der Waals surface area contributed by atoms with Crippen molar-refractivity contribution in [1.29, 1.82) is 5.26 Å². The van der Waals surface area contributed by atoms with Crippen LogP contribution >= 0.6 is 23.4 Å². The number of nitrogens with one attached hydrogen (secondary N) is 1. The van der Waals surface area contributed by atoms with Crippen molar-refractivity contribution in [2.45, 2.75) is 5.92 Å². The first kappa shape index (κ1) is 16.0. The minimum absolute atomic E-state index is 0.0454. The smallest absolute Gasteiger partial charge is 0.192 e. The van der Waals surface area contributed by atoms with Crippen LogP contribution in [-0.2, 0) is 0 Å². The summed E-state index contributed by atoms with van der Waals surface area (Å²) in [5.74, 6) is -0.506. The highest BCUT2D eigenvalue weighted by molar-refractivity contribution is 8.02. The van der Waals surface area contributed by atoms with Gasteiger partial charge in [0, 0.05) is 21.7 Å². The number of allylic oxidation sites excluding steroid dienone is 2. The molecule has 0 amide bonds. The van der Waals surface area contributed by atoms with Gasteiger partial charge in [-0.1, -0.05) is 54.1 Å². The lowest BCUT2D eigenvalue weighted by Gasteiger charge is -2.28. The fourth-order valence-electron chi connectivity index (χ4n) is 3.47. The van der Waals surface area contributed by atoms with Crippen molar-refractivity contribution in [3.8, 4) is 6.07 Å². The Morgan fingerprint density at radius 2 is 1.80 bits per heavy atom. The predicted molar refractivity (Wildman–Crippen MR) is 101 cm³/mol. The fourth-order valence-corrected chi connectivity index (χ4v) is 4.30. The maximum absolute atomic E-state index is 13.1. The van der Waals surface area contributed by atoms with Crippen LogP contribution in [0.25, 0.3) is 5.70 Å². The Morgan fingerprint density at radius 3 is 2.48 bits per heavy atom. The molecule has 1 N–H and O–H groups in total. The van der Waals surface area contributed by atoms with Crippen LogP contribution in [0, 0.1) is 11.3 Å². The summed E-state index contributed by atoms with van der Waals surface area (Å²) in [5, 5.41) is 14.4. The standard InChI is InChI=1S/C20H13ClN2OS/c1-25-20-14(10-22)16(13-8-4-5-9-15(13)21)17-18(23-20)11-6-2-3-7-12(11)19(17)24/h2-9,16,23H,1H3/t16-/m1/s1. The van der Waals surface area contributed by atoms with E-state index in [1.165, 1.54) is 11.8 Å². The molecule has 2 aromatic rings. The predicted octanol–water partition coefficient (Wildman–Crippen LogP) is 4.73. The van der Waals surface area contributed by atoms with Crippen LogP contribution in [0.1, 0.15) is 27.4 Å². The summed E-state index contributed by atoms with van der Waals surface area (Å²) in [4.78, 5) is 13.1. The van der Waals surface area contributed by atoms with Gasteiger partial charge in [0.1, 0.15) is 0 Å². The van der Waals surface area contributed by atoms with Gasteiger partial charge in [-0.25, -0.2) is 0 Å². The molecular formula is C20H13ClN2OS. The molecule has 1 heterocycles. The number of nitrogens with zero attached hydrogens (tertiary/aromatic N) is 1. The summed E-state index contributed by atoms with van der Waals surface area (Å²) < 4.78 is 0. The number of nitriles is 1. The van der Waals surface area contributed by atoms with E-state index in [9.17, 15) is 10.1 Å². The number of ketones is 1. The lowest BCUT2D eigenvalue weighted by atomic mass is 9.82. The van der Waals surface area contributed by atoms with Gasteiger partial charge in [0.05, 0.1) is 28.3 Å². The molecular weight excluding hydrogens is 352 g/mol. The van der Waals surface area contributed by atoms with E-state index < -0.39 is 5.92 Å². The van der Waals surface area contributed by atoms with Crippen LogP contribution in [0.15, 0.2) is 64.7 Å². The number of benzene rings is 2.